The number of alkyl halides is 3. The van der Waals surface area contributed by atoms with Crippen LogP contribution in [0.2, 0.25) is 0 Å². The zero-order chi connectivity index (χ0) is 16.7. The van der Waals surface area contributed by atoms with Crippen LogP contribution in [0, 0.1) is 11.3 Å². The van der Waals surface area contributed by atoms with Crippen molar-refractivity contribution in [1.82, 2.24) is 9.78 Å². The van der Waals surface area contributed by atoms with Crippen LogP contribution in [0.25, 0.3) is 6.08 Å². The number of allylic oxidation sites excluding steroid dienone is 1. The third kappa shape index (κ3) is 3.18. The van der Waals surface area contributed by atoms with E-state index in [1.165, 1.54) is 5.57 Å². The Kier molecular flexibility index (Phi) is 4.29. The molecular formula is C17H23F3N2O. The van der Waals surface area contributed by atoms with Gasteiger partial charge in [0.05, 0.1) is 11.9 Å². The number of aromatic nitrogens is 2. The van der Waals surface area contributed by atoms with Crippen molar-refractivity contribution in [3.05, 3.63) is 23.0 Å². The maximum atomic E-state index is 12.7. The Morgan fingerprint density at radius 1 is 1.43 bits per heavy atom. The molecule has 0 radical (unpaired) electrons. The number of aliphatic hydroxyl groups excluding tert-OH is 1. The van der Waals surface area contributed by atoms with Crippen LogP contribution < -0.4 is 0 Å². The van der Waals surface area contributed by atoms with Gasteiger partial charge in [0.1, 0.15) is 6.54 Å². The van der Waals surface area contributed by atoms with Crippen LogP contribution >= 0.6 is 0 Å². The highest BCUT2D eigenvalue weighted by Gasteiger charge is 2.43. The normalized spacial score (nSPS) is 27.3. The van der Waals surface area contributed by atoms with Gasteiger partial charge >= 0.3 is 6.18 Å². The van der Waals surface area contributed by atoms with Crippen LogP contribution in [0.4, 0.5) is 13.2 Å². The lowest BCUT2D eigenvalue weighted by atomic mass is 9.59. The van der Waals surface area contributed by atoms with Crippen molar-refractivity contribution in [2.24, 2.45) is 11.3 Å². The second-order valence-corrected chi connectivity index (χ2v) is 7.05. The Bertz CT molecular complexity index is 605. The lowest BCUT2D eigenvalue weighted by Gasteiger charge is -2.46. The Morgan fingerprint density at radius 3 is 2.91 bits per heavy atom. The maximum Gasteiger partial charge on any atom is 0.408 e. The summed E-state index contributed by atoms with van der Waals surface area (Å²) in [4.78, 5) is 0. The molecule has 2 atom stereocenters. The van der Waals surface area contributed by atoms with E-state index in [9.17, 15) is 13.2 Å². The van der Waals surface area contributed by atoms with E-state index in [1.54, 1.807) is 6.20 Å². The maximum absolute atomic E-state index is 12.7. The lowest BCUT2D eigenvalue weighted by Crippen LogP contribution is -2.37. The Hall–Kier alpha value is -1.30. The van der Waals surface area contributed by atoms with Crippen LogP contribution in [0.1, 0.15) is 50.3 Å². The van der Waals surface area contributed by atoms with Gasteiger partial charge in [0.25, 0.3) is 0 Å². The van der Waals surface area contributed by atoms with Gasteiger partial charge < -0.3 is 5.11 Å². The van der Waals surface area contributed by atoms with E-state index in [2.05, 4.69) is 12.0 Å². The molecule has 1 N–H and O–H groups in total. The summed E-state index contributed by atoms with van der Waals surface area (Å²) in [5.74, 6) is 0.480. The first-order chi connectivity index (χ1) is 10.8. The van der Waals surface area contributed by atoms with Gasteiger partial charge in [-0.05, 0) is 61.5 Å². The monoisotopic (exact) mass is 328 g/mol. The molecule has 1 fully saturated rings. The molecule has 0 aliphatic heterocycles. The second kappa shape index (κ2) is 5.96. The summed E-state index contributed by atoms with van der Waals surface area (Å²) in [5.41, 5.74) is 2.78. The molecule has 3 nitrogen and oxygen atoms in total. The predicted molar refractivity (Wildman–Crippen MR) is 81.7 cm³/mol. The van der Waals surface area contributed by atoms with Crippen molar-refractivity contribution in [2.45, 2.75) is 58.2 Å². The summed E-state index contributed by atoms with van der Waals surface area (Å²) >= 11 is 0. The van der Waals surface area contributed by atoms with Crippen LogP contribution in [0.3, 0.4) is 0 Å². The fourth-order valence-corrected chi connectivity index (χ4v) is 4.29. The molecule has 2 aliphatic carbocycles. The van der Waals surface area contributed by atoms with Crippen molar-refractivity contribution in [2.75, 3.05) is 6.61 Å². The van der Waals surface area contributed by atoms with E-state index < -0.39 is 12.7 Å². The molecule has 0 amide bonds. The van der Waals surface area contributed by atoms with Gasteiger partial charge in [0.2, 0.25) is 0 Å². The van der Waals surface area contributed by atoms with E-state index in [-0.39, 0.29) is 12.0 Å². The number of halogens is 3. The molecule has 0 bridgehead atoms. The molecule has 2 aliphatic rings. The highest BCUT2D eigenvalue weighted by Crippen LogP contribution is 2.52. The van der Waals surface area contributed by atoms with Crippen LogP contribution in [-0.2, 0) is 13.0 Å². The summed E-state index contributed by atoms with van der Waals surface area (Å²) in [6.45, 7) is 1.39. The molecule has 0 aromatic carbocycles. The molecule has 0 saturated heterocycles. The Balaban J connectivity index is 1.90. The van der Waals surface area contributed by atoms with Crippen molar-refractivity contribution < 1.29 is 18.3 Å². The zero-order valence-electron chi connectivity index (χ0n) is 13.4. The molecule has 1 saturated carbocycles. The standard InChI is InChI=1S/C17H23F3N2O/c1-16-9-12-10-21-22(11-17(18,19)20)15(12)8-14(16)5-2-4-13(16)6-3-7-23/h8,10,13,23H,2-7,9,11H2,1H3/t13-,16-/m1/s1. The van der Waals surface area contributed by atoms with Gasteiger partial charge in [-0.15, -0.1) is 0 Å². The molecule has 3 rings (SSSR count). The number of aliphatic hydroxyl groups is 1. The van der Waals surface area contributed by atoms with E-state index in [0.29, 0.717) is 11.6 Å². The van der Waals surface area contributed by atoms with E-state index in [1.807, 2.05) is 6.08 Å². The largest absolute Gasteiger partial charge is 0.408 e. The first kappa shape index (κ1) is 16.6. The lowest BCUT2D eigenvalue weighted by molar-refractivity contribution is -0.142. The third-order valence-corrected chi connectivity index (χ3v) is 5.50. The molecule has 1 aromatic rings. The summed E-state index contributed by atoms with van der Waals surface area (Å²) in [7, 11) is 0. The minimum atomic E-state index is -4.25. The van der Waals surface area contributed by atoms with Crippen molar-refractivity contribution in [1.29, 1.82) is 0 Å². The molecule has 1 heterocycles. The van der Waals surface area contributed by atoms with Crippen molar-refractivity contribution in [3.8, 4) is 0 Å². The SMILES string of the molecule is C[C@]12Cc3cnn(CC(F)(F)F)c3C=C1CCC[C@@H]2CCCO. The van der Waals surface area contributed by atoms with E-state index >= 15 is 0 Å². The number of fused-ring (bicyclic) bond motifs is 2. The van der Waals surface area contributed by atoms with E-state index in [4.69, 9.17) is 5.11 Å². The fourth-order valence-electron chi connectivity index (χ4n) is 4.29. The van der Waals surface area contributed by atoms with Crippen molar-refractivity contribution in [3.63, 3.8) is 0 Å². The smallest absolute Gasteiger partial charge is 0.396 e. The summed E-state index contributed by atoms with van der Waals surface area (Å²) in [5, 5.41) is 13.1. The fraction of sp³-hybridized carbons (Fsp3) is 0.706. The van der Waals surface area contributed by atoms with Gasteiger partial charge in [-0.25, -0.2) is 0 Å². The molecule has 0 unspecified atom stereocenters. The minimum Gasteiger partial charge on any atom is -0.396 e. The molecule has 0 spiro atoms. The van der Waals surface area contributed by atoms with Crippen LogP contribution in [-0.4, -0.2) is 27.7 Å². The van der Waals surface area contributed by atoms with Crippen LogP contribution in [0.5, 0.6) is 0 Å². The second-order valence-electron chi connectivity index (χ2n) is 7.05. The average Bonchev–Trinajstić information content (AvgIpc) is 2.82. The van der Waals surface area contributed by atoms with Gasteiger partial charge in [0.15, 0.2) is 0 Å². The number of hydrogen-bond donors (Lipinski definition) is 1. The van der Waals surface area contributed by atoms with Crippen molar-refractivity contribution >= 4 is 6.08 Å². The Morgan fingerprint density at radius 2 is 2.22 bits per heavy atom. The van der Waals surface area contributed by atoms with Gasteiger partial charge in [0, 0.05) is 6.61 Å². The molecular weight excluding hydrogens is 305 g/mol. The van der Waals surface area contributed by atoms with Gasteiger partial charge in [-0.2, -0.15) is 18.3 Å². The number of nitrogens with zero attached hydrogens (tertiary/aromatic N) is 2. The van der Waals surface area contributed by atoms with E-state index in [0.717, 1.165) is 48.8 Å². The molecule has 6 heteroatoms. The summed E-state index contributed by atoms with van der Waals surface area (Å²) < 4.78 is 39.2. The quantitative estimate of drug-likeness (QED) is 0.908. The topological polar surface area (TPSA) is 38.0 Å². The number of hydrogen-bond acceptors (Lipinski definition) is 2. The predicted octanol–water partition coefficient (Wildman–Crippen LogP) is 3.96. The van der Waals surface area contributed by atoms with Crippen LogP contribution in [0.15, 0.2) is 11.8 Å². The molecule has 23 heavy (non-hydrogen) atoms. The first-order valence-electron chi connectivity index (χ1n) is 8.27. The zero-order valence-corrected chi connectivity index (χ0v) is 13.4. The molecule has 1 aromatic heterocycles. The van der Waals surface area contributed by atoms with Gasteiger partial charge in [-0.3, -0.25) is 4.68 Å². The molecule has 128 valence electrons. The highest BCUT2D eigenvalue weighted by molar-refractivity contribution is 5.59. The average molecular weight is 328 g/mol. The minimum absolute atomic E-state index is 0.00742. The third-order valence-electron chi connectivity index (χ3n) is 5.50. The Labute approximate surface area is 134 Å². The highest BCUT2D eigenvalue weighted by atomic mass is 19.4. The summed E-state index contributed by atoms with van der Waals surface area (Å²) in [6, 6.07) is 0. The van der Waals surface area contributed by atoms with Gasteiger partial charge in [-0.1, -0.05) is 12.5 Å². The number of rotatable bonds is 4. The first-order valence-corrected chi connectivity index (χ1v) is 8.27. The summed E-state index contributed by atoms with van der Waals surface area (Å²) in [6.07, 6.45) is 4.93.